The van der Waals surface area contributed by atoms with Gasteiger partial charge < -0.3 is 5.73 Å². The second kappa shape index (κ2) is 3.14. The van der Waals surface area contributed by atoms with Gasteiger partial charge >= 0.3 is 0 Å². The average Bonchev–Trinajstić information content (AvgIpc) is 2.63. The first-order valence-electron chi connectivity index (χ1n) is 4.82. The molecule has 0 aromatic rings. The number of nitrogens with two attached hydrogens (primary N) is 1. The number of rotatable bonds is 4. The van der Waals surface area contributed by atoms with Crippen molar-refractivity contribution in [3.8, 4) is 0 Å². The Morgan fingerprint density at radius 3 is 2.09 bits per heavy atom. The van der Waals surface area contributed by atoms with Crippen molar-refractivity contribution in [1.82, 2.24) is 0 Å². The van der Waals surface area contributed by atoms with Crippen molar-refractivity contribution in [2.75, 3.05) is 0 Å². The first-order chi connectivity index (χ1) is 5.07. The van der Waals surface area contributed by atoms with Crippen molar-refractivity contribution < 1.29 is 0 Å². The standard InChI is InChI=1S/C10H21N/c1-8(2)4-5-10(6-7-10)9(3)11/h8-9H,4-7,11H2,1-3H3. The first-order valence-corrected chi connectivity index (χ1v) is 4.82. The zero-order chi connectivity index (χ0) is 8.48. The molecule has 1 atom stereocenters. The van der Waals surface area contributed by atoms with Gasteiger partial charge in [-0.05, 0) is 37.5 Å². The topological polar surface area (TPSA) is 26.0 Å². The molecule has 0 heterocycles. The minimum absolute atomic E-state index is 0.418. The van der Waals surface area contributed by atoms with Crippen LogP contribution < -0.4 is 5.73 Å². The fraction of sp³-hybridized carbons (Fsp3) is 1.00. The molecule has 66 valence electrons. The lowest BCUT2D eigenvalue weighted by atomic mass is 9.90. The van der Waals surface area contributed by atoms with Gasteiger partial charge in [0.25, 0.3) is 0 Å². The SMILES string of the molecule is CC(C)CCC1(C(C)N)CC1. The Balaban J connectivity index is 2.25. The maximum Gasteiger partial charge on any atom is 0.00670 e. The summed E-state index contributed by atoms with van der Waals surface area (Å²) in [5, 5.41) is 0. The summed E-state index contributed by atoms with van der Waals surface area (Å²) >= 11 is 0. The van der Waals surface area contributed by atoms with E-state index < -0.39 is 0 Å². The molecule has 1 nitrogen and oxygen atoms in total. The Labute approximate surface area is 70.4 Å². The van der Waals surface area contributed by atoms with Gasteiger partial charge in [-0.15, -0.1) is 0 Å². The van der Waals surface area contributed by atoms with E-state index in [9.17, 15) is 0 Å². The highest BCUT2D eigenvalue weighted by molar-refractivity contribution is 4.98. The highest BCUT2D eigenvalue weighted by atomic mass is 14.7. The quantitative estimate of drug-likeness (QED) is 0.663. The molecule has 0 aromatic heterocycles. The van der Waals surface area contributed by atoms with Crippen LogP contribution in [0.25, 0.3) is 0 Å². The molecule has 1 saturated carbocycles. The van der Waals surface area contributed by atoms with Gasteiger partial charge in [-0.3, -0.25) is 0 Å². The van der Waals surface area contributed by atoms with Gasteiger partial charge in [-0.25, -0.2) is 0 Å². The van der Waals surface area contributed by atoms with Gasteiger partial charge in [0.05, 0.1) is 0 Å². The van der Waals surface area contributed by atoms with E-state index >= 15 is 0 Å². The van der Waals surface area contributed by atoms with Crippen LogP contribution in [0.5, 0.6) is 0 Å². The van der Waals surface area contributed by atoms with Crippen molar-refractivity contribution in [2.45, 2.75) is 52.5 Å². The third-order valence-corrected chi connectivity index (χ3v) is 3.08. The molecule has 1 rings (SSSR count). The zero-order valence-electron chi connectivity index (χ0n) is 8.06. The maximum atomic E-state index is 5.92. The molecule has 1 aliphatic carbocycles. The summed E-state index contributed by atoms with van der Waals surface area (Å²) in [6.07, 6.45) is 5.44. The van der Waals surface area contributed by atoms with E-state index in [4.69, 9.17) is 5.73 Å². The lowest BCUT2D eigenvalue weighted by Gasteiger charge is -2.20. The summed E-state index contributed by atoms with van der Waals surface area (Å²) in [6.45, 7) is 6.74. The molecule has 0 saturated heterocycles. The smallest absolute Gasteiger partial charge is 0.00670 e. The molecule has 0 aliphatic heterocycles. The van der Waals surface area contributed by atoms with E-state index in [1.165, 1.54) is 25.7 Å². The Morgan fingerprint density at radius 1 is 1.27 bits per heavy atom. The van der Waals surface area contributed by atoms with Crippen molar-refractivity contribution in [2.24, 2.45) is 17.1 Å². The Bertz CT molecular complexity index is 123. The highest BCUT2D eigenvalue weighted by Crippen LogP contribution is 2.52. The lowest BCUT2D eigenvalue weighted by Crippen LogP contribution is -2.28. The summed E-state index contributed by atoms with van der Waals surface area (Å²) in [5.41, 5.74) is 6.48. The number of hydrogen-bond donors (Lipinski definition) is 1. The summed E-state index contributed by atoms with van der Waals surface area (Å²) in [5.74, 6) is 0.839. The molecule has 0 radical (unpaired) electrons. The van der Waals surface area contributed by atoms with E-state index in [-0.39, 0.29) is 0 Å². The van der Waals surface area contributed by atoms with Crippen LogP contribution in [0.3, 0.4) is 0 Å². The predicted molar refractivity (Wildman–Crippen MR) is 49.4 cm³/mol. The van der Waals surface area contributed by atoms with Gasteiger partial charge in [-0.1, -0.05) is 20.3 Å². The fourth-order valence-electron chi connectivity index (χ4n) is 1.67. The molecule has 0 bridgehead atoms. The second-order valence-electron chi connectivity index (χ2n) is 4.58. The summed E-state index contributed by atoms with van der Waals surface area (Å²) < 4.78 is 0. The maximum absolute atomic E-state index is 5.92. The summed E-state index contributed by atoms with van der Waals surface area (Å²) in [7, 11) is 0. The van der Waals surface area contributed by atoms with Crippen LogP contribution >= 0.6 is 0 Å². The monoisotopic (exact) mass is 155 g/mol. The van der Waals surface area contributed by atoms with Crippen molar-refractivity contribution in [3.05, 3.63) is 0 Å². The van der Waals surface area contributed by atoms with Crippen LogP contribution in [0, 0.1) is 11.3 Å². The zero-order valence-corrected chi connectivity index (χ0v) is 8.06. The van der Waals surface area contributed by atoms with Crippen LogP contribution in [0.15, 0.2) is 0 Å². The molecular formula is C10H21N. The Kier molecular flexibility index (Phi) is 2.58. The predicted octanol–water partition coefficient (Wildman–Crippen LogP) is 2.55. The van der Waals surface area contributed by atoms with Crippen LogP contribution in [-0.4, -0.2) is 6.04 Å². The normalized spacial score (nSPS) is 23.7. The molecule has 11 heavy (non-hydrogen) atoms. The van der Waals surface area contributed by atoms with E-state index in [1.54, 1.807) is 0 Å². The third kappa shape index (κ3) is 2.19. The van der Waals surface area contributed by atoms with E-state index in [2.05, 4.69) is 20.8 Å². The number of hydrogen-bond acceptors (Lipinski definition) is 1. The second-order valence-corrected chi connectivity index (χ2v) is 4.58. The molecule has 1 unspecified atom stereocenters. The fourth-order valence-corrected chi connectivity index (χ4v) is 1.67. The van der Waals surface area contributed by atoms with Crippen LogP contribution in [0.1, 0.15) is 46.5 Å². The lowest BCUT2D eigenvalue weighted by molar-refractivity contribution is 0.352. The summed E-state index contributed by atoms with van der Waals surface area (Å²) in [6, 6.07) is 0.418. The van der Waals surface area contributed by atoms with Gasteiger partial charge in [0.1, 0.15) is 0 Å². The Morgan fingerprint density at radius 2 is 1.82 bits per heavy atom. The van der Waals surface area contributed by atoms with Crippen molar-refractivity contribution in [3.63, 3.8) is 0 Å². The molecule has 1 aliphatic rings. The average molecular weight is 155 g/mol. The van der Waals surface area contributed by atoms with Crippen molar-refractivity contribution >= 4 is 0 Å². The molecule has 0 aromatic carbocycles. The van der Waals surface area contributed by atoms with Gasteiger partial charge in [-0.2, -0.15) is 0 Å². The molecule has 0 spiro atoms. The van der Waals surface area contributed by atoms with Gasteiger partial charge in [0.2, 0.25) is 0 Å². The molecule has 1 fully saturated rings. The third-order valence-electron chi connectivity index (χ3n) is 3.08. The van der Waals surface area contributed by atoms with Crippen LogP contribution in [-0.2, 0) is 0 Å². The van der Waals surface area contributed by atoms with Crippen LogP contribution in [0.4, 0.5) is 0 Å². The van der Waals surface area contributed by atoms with Crippen LogP contribution in [0.2, 0.25) is 0 Å². The minimum atomic E-state index is 0.418. The largest absolute Gasteiger partial charge is 0.327 e. The van der Waals surface area contributed by atoms with E-state index in [1.807, 2.05) is 0 Å². The van der Waals surface area contributed by atoms with Crippen molar-refractivity contribution in [1.29, 1.82) is 0 Å². The molecule has 2 N–H and O–H groups in total. The van der Waals surface area contributed by atoms with E-state index in [0.717, 1.165) is 5.92 Å². The van der Waals surface area contributed by atoms with Gasteiger partial charge in [0.15, 0.2) is 0 Å². The van der Waals surface area contributed by atoms with Gasteiger partial charge in [0, 0.05) is 6.04 Å². The molecule has 1 heteroatoms. The minimum Gasteiger partial charge on any atom is -0.327 e. The molecular weight excluding hydrogens is 134 g/mol. The molecule has 0 amide bonds. The highest BCUT2D eigenvalue weighted by Gasteiger charge is 2.44. The van der Waals surface area contributed by atoms with E-state index in [0.29, 0.717) is 11.5 Å². The Hall–Kier alpha value is -0.0400. The summed E-state index contributed by atoms with van der Waals surface area (Å²) in [4.78, 5) is 0. The first kappa shape index (κ1) is 9.05.